The molecule has 4 aliphatic heterocycles. The minimum absolute atomic E-state index is 0.0285. The van der Waals surface area contributed by atoms with Crippen LogP contribution in [-0.2, 0) is 32.9 Å². The van der Waals surface area contributed by atoms with Gasteiger partial charge in [0.1, 0.15) is 12.2 Å². The lowest BCUT2D eigenvalue weighted by molar-refractivity contribution is -0.271. The van der Waals surface area contributed by atoms with E-state index in [1.807, 2.05) is 30.3 Å². The van der Waals surface area contributed by atoms with Gasteiger partial charge in [-0.15, -0.1) is 0 Å². The summed E-state index contributed by atoms with van der Waals surface area (Å²) in [6.07, 6.45) is 4.76. The number of carbonyl (C=O) groups is 1. The highest BCUT2D eigenvalue weighted by atomic mass is 28.4. The average Bonchev–Trinajstić information content (AvgIpc) is 3.06. The molecule has 1 aromatic carbocycles. The van der Waals surface area contributed by atoms with Crippen molar-refractivity contribution in [2.24, 2.45) is 0 Å². The zero-order chi connectivity index (χ0) is 27.6. The topological polar surface area (TPSA) is 72.5 Å². The molecule has 0 amide bonds. The van der Waals surface area contributed by atoms with E-state index in [1.165, 1.54) is 0 Å². The molecule has 39 heavy (non-hydrogen) atoms. The lowest BCUT2D eigenvalue weighted by Gasteiger charge is -2.42. The highest BCUT2D eigenvalue weighted by molar-refractivity contribution is 6.74. The number of hydrogen-bond donors (Lipinski definition) is 0. The Bertz CT molecular complexity index is 948. The van der Waals surface area contributed by atoms with E-state index < -0.39 is 20.7 Å². The molecular weight excluding hydrogens is 512 g/mol. The van der Waals surface area contributed by atoms with E-state index in [-0.39, 0.29) is 47.4 Å². The summed E-state index contributed by atoms with van der Waals surface area (Å²) in [5, 5.41) is 0.0633. The normalized spacial score (nSPS) is 36.7. The summed E-state index contributed by atoms with van der Waals surface area (Å²) in [6, 6.07) is 10.1. The van der Waals surface area contributed by atoms with Crippen molar-refractivity contribution in [3.8, 4) is 0 Å². The van der Waals surface area contributed by atoms with Crippen molar-refractivity contribution in [3.63, 3.8) is 0 Å². The largest absolute Gasteiger partial charge is 0.411 e. The number of benzene rings is 1. The van der Waals surface area contributed by atoms with Crippen LogP contribution >= 0.6 is 0 Å². The molecule has 8 heteroatoms. The molecule has 0 bridgehead atoms. The minimum Gasteiger partial charge on any atom is -0.411 e. The Kier molecular flexibility index (Phi) is 9.33. The lowest BCUT2D eigenvalue weighted by Crippen LogP contribution is -2.50. The quantitative estimate of drug-likeness (QED) is 0.402. The van der Waals surface area contributed by atoms with Crippen LogP contribution in [0, 0.1) is 0 Å². The molecule has 0 aliphatic carbocycles. The molecule has 4 aliphatic rings. The van der Waals surface area contributed by atoms with E-state index in [4.69, 9.17) is 28.1 Å². The molecular formula is C31H48O7Si. The minimum atomic E-state index is -2.10. The van der Waals surface area contributed by atoms with Gasteiger partial charge >= 0.3 is 0 Å². The predicted octanol–water partition coefficient (Wildman–Crippen LogP) is 6.11. The van der Waals surface area contributed by atoms with Gasteiger partial charge < -0.3 is 28.1 Å². The summed E-state index contributed by atoms with van der Waals surface area (Å²) in [4.78, 5) is 13.3. The first-order chi connectivity index (χ1) is 18.6. The van der Waals surface area contributed by atoms with Crippen molar-refractivity contribution in [3.05, 3.63) is 35.9 Å². The fraction of sp³-hybridized carbons (Fsp3) is 0.774. The molecule has 8 atom stereocenters. The van der Waals surface area contributed by atoms with Gasteiger partial charge in [0, 0.05) is 25.0 Å². The number of carbonyl (C=O) groups excluding carboxylic acids is 1. The molecule has 5 rings (SSSR count). The van der Waals surface area contributed by atoms with E-state index in [0.29, 0.717) is 19.4 Å². The van der Waals surface area contributed by atoms with Crippen molar-refractivity contribution in [2.75, 3.05) is 13.2 Å². The van der Waals surface area contributed by atoms with Crippen molar-refractivity contribution in [2.45, 2.75) is 139 Å². The van der Waals surface area contributed by atoms with Gasteiger partial charge in [-0.3, -0.25) is 4.79 Å². The number of hydrogen-bond acceptors (Lipinski definition) is 7. The van der Waals surface area contributed by atoms with E-state index in [2.05, 4.69) is 33.9 Å². The average molecular weight is 561 g/mol. The Morgan fingerprint density at radius 1 is 0.872 bits per heavy atom. The van der Waals surface area contributed by atoms with Crippen LogP contribution in [-0.4, -0.2) is 70.0 Å². The van der Waals surface area contributed by atoms with Crippen LogP contribution in [0.15, 0.2) is 30.3 Å². The van der Waals surface area contributed by atoms with Crippen LogP contribution in [0.25, 0.3) is 0 Å². The summed E-state index contributed by atoms with van der Waals surface area (Å²) in [5.74, 6) is 0.176. The Labute approximate surface area is 235 Å². The third kappa shape index (κ3) is 7.03. The molecule has 4 fully saturated rings. The summed E-state index contributed by atoms with van der Waals surface area (Å²) >= 11 is 0. The standard InChI is InChI=1S/C31H48O7Si/c1-31(2,3)39(4,5)38-26-17-16-25-29(20-34-30(37-25)21-11-7-6-8-12-21)36-28(26)19-27-22(32)13-9-14-23-24(35-27)15-10-18-33-23/h6-8,11-12,23-30H,9-10,13-20H2,1-5H3/t23-,24+,25+,26-,27-,28+,29-,30-/m1/s1. The zero-order valence-electron chi connectivity index (χ0n) is 24.4. The van der Waals surface area contributed by atoms with Crippen molar-refractivity contribution < 1.29 is 32.9 Å². The Hall–Kier alpha value is -1.13. The van der Waals surface area contributed by atoms with Crippen LogP contribution in [0.1, 0.15) is 84.0 Å². The predicted molar refractivity (Wildman–Crippen MR) is 151 cm³/mol. The molecule has 1 aromatic rings. The first kappa shape index (κ1) is 29.4. The van der Waals surface area contributed by atoms with Gasteiger partial charge in [-0.2, -0.15) is 0 Å². The van der Waals surface area contributed by atoms with Gasteiger partial charge in [0.15, 0.2) is 20.4 Å². The number of fused-ring (bicyclic) bond motifs is 2. The van der Waals surface area contributed by atoms with E-state index in [0.717, 1.165) is 50.7 Å². The molecule has 0 saturated carbocycles. The van der Waals surface area contributed by atoms with E-state index >= 15 is 0 Å². The van der Waals surface area contributed by atoms with Crippen molar-refractivity contribution in [1.82, 2.24) is 0 Å². The second kappa shape index (κ2) is 12.4. The third-order valence-corrected chi connectivity index (χ3v) is 13.9. The molecule has 4 heterocycles. The first-order valence-corrected chi connectivity index (χ1v) is 18.0. The SMILES string of the molecule is CC(C)(C)[Si](C)(C)O[C@@H]1CC[C@@H]2O[C@H](c3ccccc3)OC[C@H]2O[C@H]1C[C@H]1O[C@H]2CCCO[C@@H]2CCCC1=O. The maximum absolute atomic E-state index is 13.3. The van der Waals surface area contributed by atoms with Gasteiger partial charge in [0.05, 0.1) is 37.1 Å². The Morgan fingerprint density at radius 2 is 1.62 bits per heavy atom. The van der Waals surface area contributed by atoms with Gasteiger partial charge in [-0.05, 0) is 56.7 Å². The van der Waals surface area contributed by atoms with Gasteiger partial charge in [-0.25, -0.2) is 0 Å². The summed E-state index contributed by atoms with van der Waals surface area (Å²) in [7, 11) is -2.10. The maximum Gasteiger partial charge on any atom is 0.192 e. The number of ketones is 1. The molecule has 0 spiro atoms. The summed E-state index contributed by atoms with van der Waals surface area (Å²) in [6.45, 7) is 12.6. The molecule has 218 valence electrons. The van der Waals surface area contributed by atoms with E-state index in [9.17, 15) is 4.79 Å². The first-order valence-electron chi connectivity index (χ1n) is 15.1. The van der Waals surface area contributed by atoms with Crippen molar-refractivity contribution >= 4 is 14.1 Å². The Morgan fingerprint density at radius 3 is 2.38 bits per heavy atom. The van der Waals surface area contributed by atoms with Crippen LogP contribution in [0.3, 0.4) is 0 Å². The summed E-state index contributed by atoms with van der Waals surface area (Å²) < 4.78 is 39.0. The van der Waals surface area contributed by atoms with Crippen LogP contribution in [0.5, 0.6) is 0 Å². The smallest absolute Gasteiger partial charge is 0.192 e. The molecule has 4 saturated heterocycles. The number of ether oxygens (including phenoxy) is 5. The number of rotatable bonds is 5. The highest BCUT2D eigenvalue weighted by Gasteiger charge is 2.46. The van der Waals surface area contributed by atoms with Crippen molar-refractivity contribution in [1.29, 1.82) is 0 Å². The fourth-order valence-corrected chi connectivity index (χ4v) is 7.41. The molecule has 0 unspecified atom stereocenters. The highest BCUT2D eigenvalue weighted by Crippen LogP contribution is 2.41. The molecule has 0 radical (unpaired) electrons. The number of Topliss-reactive ketones (excluding diaryl/α,β-unsaturated/α-hetero) is 1. The van der Waals surface area contributed by atoms with Gasteiger partial charge in [0.25, 0.3) is 0 Å². The maximum atomic E-state index is 13.3. The monoisotopic (exact) mass is 560 g/mol. The van der Waals surface area contributed by atoms with Crippen LogP contribution < -0.4 is 0 Å². The molecule has 0 aromatic heterocycles. The molecule has 0 N–H and O–H groups in total. The van der Waals surface area contributed by atoms with Crippen LogP contribution in [0.4, 0.5) is 0 Å². The zero-order valence-corrected chi connectivity index (χ0v) is 25.4. The third-order valence-electron chi connectivity index (χ3n) is 9.38. The Balaban J connectivity index is 1.35. The molecule has 7 nitrogen and oxygen atoms in total. The fourth-order valence-electron chi connectivity index (χ4n) is 6.03. The van der Waals surface area contributed by atoms with Gasteiger partial charge in [-0.1, -0.05) is 51.1 Å². The second-order valence-corrected chi connectivity index (χ2v) is 18.0. The summed E-state index contributed by atoms with van der Waals surface area (Å²) in [5.41, 5.74) is 1.02. The van der Waals surface area contributed by atoms with Crippen LogP contribution in [0.2, 0.25) is 18.1 Å². The second-order valence-electron chi connectivity index (χ2n) is 13.3. The van der Waals surface area contributed by atoms with Gasteiger partial charge in [0.2, 0.25) is 0 Å². The van der Waals surface area contributed by atoms with E-state index in [1.54, 1.807) is 0 Å². The lowest BCUT2D eigenvalue weighted by atomic mass is 9.93.